The highest BCUT2D eigenvalue weighted by Gasteiger charge is 2.52. The number of ether oxygens (including phenoxy) is 1. The highest BCUT2D eigenvalue weighted by atomic mass is 16.5. The van der Waals surface area contributed by atoms with Gasteiger partial charge in [-0.1, -0.05) is 54.6 Å². The Morgan fingerprint density at radius 3 is 2.48 bits per heavy atom. The summed E-state index contributed by atoms with van der Waals surface area (Å²) >= 11 is 0. The van der Waals surface area contributed by atoms with Crippen molar-refractivity contribution in [2.75, 3.05) is 18.1 Å². The van der Waals surface area contributed by atoms with E-state index in [-0.39, 0.29) is 12.3 Å². The average Bonchev–Trinajstić information content (AvgIpc) is 2.88. The largest absolute Gasteiger partial charge is 0.477 e. The standard InChI is InChI=1S/C27H21N5O/c1-2-33-26-22(15-28)23(19-9-4-3-5-10-19)21-14-27(16-29,17-30)24-20-11-7-6-8-18(20)12-13-32(24)25(21)31-26/h3-11,24H,2,12-14H2,1H3. The quantitative estimate of drug-likeness (QED) is 0.596. The summed E-state index contributed by atoms with van der Waals surface area (Å²) in [5.74, 6) is 0.980. The number of anilines is 1. The van der Waals surface area contributed by atoms with Crippen molar-refractivity contribution in [1.82, 2.24) is 4.98 Å². The lowest BCUT2D eigenvalue weighted by atomic mass is 9.68. The van der Waals surface area contributed by atoms with E-state index in [9.17, 15) is 15.8 Å². The summed E-state index contributed by atoms with van der Waals surface area (Å²) in [6, 6.07) is 24.2. The highest BCUT2D eigenvalue weighted by Crippen LogP contribution is 2.54. The molecule has 0 spiro atoms. The normalized spacial score (nSPS) is 17.4. The molecule has 2 aliphatic heterocycles. The van der Waals surface area contributed by atoms with E-state index in [4.69, 9.17) is 9.72 Å². The molecule has 0 saturated carbocycles. The van der Waals surface area contributed by atoms with Crippen LogP contribution in [-0.2, 0) is 12.8 Å². The van der Waals surface area contributed by atoms with Crippen molar-refractivity contribution in [2.24, 2.45) is 5.41 Å². The molecule has 0 aliphatic carbocycles. The third kappa shape index (κ3) is 3.02. The monoisotopic (exact) mass is 431 g/mol. The predicted molar refractivity (Wildman–Crippen MR) is 123 cm³/mol. The fourth-order valence-electron chi connectivity index (χ4n) is 5.19. The van der Waals surface area contributed by atoms with Gasteiger partial charge < -0.3 is 9.64 Å². The zero-order valence-corrected chi connectivity index (χ0v) is 18.2. The van der Waals surface area contributed by atoms with Gasteiger partial charge in [-0.3, -0.25) is 0 Å². The fourth-order valence-corrected chi connectivity index (χ4v) is 5.19. The Labute approximate surface area is 192 Å². The summed E-state index contributed by atoms with van der Waals surface area (Å²) in [4.78, 5) is 6.89. The van der Waals surface area contributed by atoms with Crippen LogP contribution in [0.1, 0.15) is 35.2 Å². The van der Waals surface area contributed by atoms with Gasteiger partial charge >= 0.3 is 0 Å². The Morgan fingerprint density at radius 2 is 1.79 bits per heavy atom. The van der Waals surface area contributed by atoms with Crippen LogP contribution in [-0.4, -0.2) is 18.1 Å². The SMILES string of the molecule is CCOc1nc2c(c(-c3ccccc3)c1C#N)CC(C#N)(C#N)C1c3ccccc3CCN21. The Hall–Kier alpha value is -4.34. The maximum absolute atomic E-state index is 10.3. The van der Waals surface area contributed by atoms with Gasteiger partial charge in [0.05, 0.1) is 24.8 Å². The molecule has 1 atom stereocenters. The Bertz CT molecular complexity index is 1350. The lowest BCUT2D eigenvalue weighted by Gasteiger charge is -2.48. The molecule has 2 aliphatic rings. The maximum Gasteiger partial charge on any atom is 0.234 e. The van der Waals surface area contributed by atoms with Gasteiger partial charge in [0.15, 0.2) is 5.41 Å². The molecule has 1 unspecified atom stereocenters. The van der Waals surface area contributed by atoms with Gasteiger partial charge in [0, 0.05) is 24.1 Å². The van der Waals surface area contributed by atoms with Crippen LogP contribution in [0.2, 0.25) is 0 Å². The zero-order chi connectivity index (χ0) is 23.0. The van der Waals surface area contributed by atoms with Crippen LogP contribution >= 0.6 is 0 Å². The van der Waals surface area contributed by atoms with Gasteiger partial charge in [0.2, 0.25) is 5.88 Å². The first kappa shape index (κ1) is 20.6. The van der Waals surface area contributed by atoms with Gasteiger partial charge in [0.25, 0.3) is 0 Å². The van der Waals surface area contributed by atoms with Crippen LogP contribution in [0, 0.1) is 39.4 Å². The molecule has 3 heterocycles. The first-order valence-electron chi connectivity index (χ1n) is 11.0. The van der Waals surface area contributed by atoms with E-state index in [2.05, 4.69) is 29.2 Å². The van der Waals surface area contributed by atoms with E-state index in [0.29, 0.717) is 30.1 Å². The molecule has 3 aromatic rings. The highest BCUT2D eigenvalue weighted by molar-refractivity contribution is 5.82. The van der Waals surface area contributed by atoms with E-state index in [1.54, 1.807) is 0 Å². The molecule has 160 valence electrons. The molecule has 0 bridgehead atoms. The number of fused-ring (bicyclic) bond motifs is 5. The summed E-state index contributed by atoms with van der Waals surface area (Å²) in [5.41, 5.74) is 3.45. The average molecular weight is 431 g/mol. The van der Waals surface area contributed by atoms with E-state index in [1.165, 1.54) is 0 Å². The van der Waals surface area contributed by atoms with Crippen molar-refractivity contribution in [3.8, 4) is 35.2 Å². The van der Waals surface area contributed by atoms with Crippen molar-refractivity contribution in [1.29, 1.82) is 15.8 Å². The Balaban J connectivity index is 1.85. The lowest BCUT2D eigenvalue weighted by Crippen LogP contribution is -2.49. The molecular weight excluding hydrogens is 410 g/mol. The van der Waals surface area contributed by atoms with Gasteiger partial charge in [-0.15, -0.1) is 0 Å². The summed E-state index contributed by atoms with van der Waals surface area (Å²) in [6.07, 6.45) is 0.967. The molecule has 6 nitrogen and oxygen atoms in total. The van der Waals surface area contributed by atoms with Crippen LogP contribution in [0.25, 0.3) is 11.1 Å². The van der Waals surface area contributed by atoms with E-state index in [0.717, 1.165) is 28.7 Å². The zero-order valence-electron chi connectivity index (χ0n) is 18.2. The Morgan fingerprint density at radius 1 is 1.06 bits per heavy atom. The summed E-state index contributed by atoms with van der Waals surface area (Å²) in [6.45, 7) is 2.86. The Kier molecular flexibility index (Phi) is 4.97. The van der Waals surface area contributed by atoms with Crippen LogP contribution in [0.5, 0.6) is 5.88 Å². The number of hydrogen-bond donors (Lipinski definition) is 0. The topological polar surface area (TPSA) is 96.7 Å². The number of aromatic nitrogens is 1. The number of pyridine rings is 1. The van der Waals surface area contributed by atoms with E-state index < -0.39 is 11.5 Å². The van der Waals surface area contributed by atoms with Crippen molar-refractivity contribution < 1.29 is 4.74 Å². The third-order valence-electron chi connectivity index (χ3n) is 6.58. The molecule has 0 radical (unpaired) electrons. The van der Waals surface area contributed by atoms with E-state index in [1.807, 2.05) is 55.5 Å². The summed E-state index contributed by atoms with van der Waals surface area (Å²) in [5, 5.41) is 30.8. The molecule has 0 amide bonds. The molecule has 0 N–H and O–H groups in total. The van der Waals surface area contributed by atoms with Crippen LogP contribution in [0.15, 0.2) is 54.6 Å². The fraction of sp³-hybridized carbons (Fsp3) is 0.259. The summed E-state index contributed by atoms with van der Waals surface area (Å²) in [7, 11) is 0. The molecule has 33 heavy (non-hydrogen) atoms. The van der Waals surface area contributed by atoms with Crippen molar-refractivity contribution >= 4 is 5.82 Å². The van der Waals surface area contributed by atoms with Crippen molar-refractivity contribution in [3.63, 3.8) is 0 Å². The second-order valence-electron chi connectivity index (χ2n) is 8.30. The molecule has 0 saturated heterocycles. The number of rotatable bonds is 3. The number of hydrogen-bond acceptors (Lipinski definition) is 6. The number of nitrogens with zero attached hydrogens (tertiary/aromatic N) is 5. The molecule has 0 fully saturated rings. The van der Waals surface area contributed by atoms with Crippen LogP contribution in [0.4, 0.5) is 5.82 Å². The smallest absolute Gasteiger partial charge is 0.234 e. The number of nitriles is 3. The first-order valence-corrected chi connectivity index (χ1v) is 11.0. The van der Waals surface area contributed by atoms with Crippen molar-refractivity contribution in [2.45, 2.75) is 25.8 Å². The lowest BCUT2D eigenvalue weighted by molar-refractivity contribution is 0.319. The van der Waals surface area contributed by atoms with Crippen LogP contribution < -0.4 is 9.64 Å². The third-order valence-corrected chi connectivity index (χ3v) is 6.58. The van der Waals surface area contributed by atoms with Crippen molar-refractivity contribution in [3.05, 3.63) is 76.9 Å². The predicted octanol–water partition coefficient (Wildman–Crippen LogP) is 4.71. The number of benzene rings is 2. The molecule has 6 heteroatoms. The summed E-state index contributed by atoms with van der Waals surface area (Å²) < 4.78 is 5.82. The molecule has 5 rings (SSSR count). The minimum Gasteiger partial charge on any atom is -0.477 e. The van der Waals surface area contributed by atoms with Gasteiger partial charge in [-0.25, -0.2) is 0 Å². The molecular formula is C27H21N5O. The van der Waals surface area contributed by atoms with Gasteiger partial charge in [-0.05, 0) is 30.0 Å². The van der Waals surface area contributed by atoms with Gasteiger partial charge in [0.1, 0.15) is 17.5 Å². The van der Waals surface area contributed by atoms with Gasteiger partial charge in [-0.2, -0.15) is 20.8 Å². The van der Waals surface area contributed by atoms with Crippen LogP contribution in [0.3, 0.4) is 0 Å². The minimum absolute atomic E-state index is 0.184. The second-order valence-corrected chi connectivity index (χ2v) is 8.30. The minimum atomic E-state index is -1.31. The maximum atomic E-state index is 10.3. The molecule has 2 aromatic carbocycles. The molecule has 1 aromatic heterocycles. The van der Waals surface area contributed by atoms with E-state index >= 15 is 0 Å². The first-order chi connectivity index (χ1) is 16.2. The second kappa shape index (κ2) is 7.97.